The van der Waals surface area contributed by atoms with E-state index in [2.05, 4.69) is 10.0 Å². The number of aryl methyl sites for hydroxylation is 1. The van der Waals surface area contributed by atoms with Gasteiger partial charge in [0.2, 0.25) is 15.9 Å². The minimum Gasteiger partial charge on any atom is -0.493 e. The molecule has 0 saturated heterocycles. The van der Waals surface area contributed by atoms with Crippen molar-refractivity contribution >= 4 is 21.6 Å². The quantitative estimate of drug-likeness (QED) is 0.654. The van der Waals surface area contributed by atoms with Gasteiger partial charge in [-0.15, -0.1) is 0 Å². The van der Waals surface area contributed by atoms with E-state index >= 15 is 0 Å². The molecule has 2 rings (SSSR count). The Bertz CT molecular complexity index is 918. The largest absolute Gasteiger partial charge is 0.493 e. The van der Waals surface area contributed by atoms with Crippen LogP contribution < -0.4 is 14.8 Å². The van der Waals surface area contributed by atoms with Crippen LogP contribution in [0.5, 0.6) is 5.75 Å². The molecule has 0 saturated carbocycles. The number of sulfonamides is 1. The third-order valence-electron chi connectivity index (χ3n) is 3.77. The van der Waals surface area contributed by atoms with E-state index in [0.29, 0.717) is 18.7 Å². The first-order chi connectivity index (χ1) is 13.1. The van der Waals surface area contributed by atoms with Crippen LogP contribution >= 0.6 is 0 Å². The van der Waals surface area contributed by atoms with Crippen LogP contribution in [0.1, 0.15) is 39.2 Å². The second-order valence-corrected chi connectivity index (χ2v) is 9.33. The molecule has 0 radical (unpaired) electrons. The van der Waals surface area contributed by atoms with Crippen molar-refractivity contribution < 1.29 is 17.9 Å². The Morgan fingerprint density at radius 1 is 1.07 bits per heavy atom. The average molecular weight is 405 g/mol. The lowest BCUT2D eigenvalue weighted by Gasteiger charge is -2.20. The average Bonchev–Trinajstić information content (AvgIpc) is 2.58. The molecule has 28 heavy (non-hydrogen) atoms. The van der Waals surface area contributed by atoms with Crippen molar-refractivity contribution in [3.63, 3.8) is 0 Å². The molecule has 0 atom stereocenters. The van der Waals surface area contributed by atoms with Crippen LogP contribution in [0.15, 0.2) is 53.4 Å². The van der Waals surface area contributed by atoms with Gasteiger partial charge in [0.05, 0.1) is 11.5 Å². The van der Waals surface area contributed by atoms with Crippen molar-refractivity contribution in [2.45, 2.75) is 51.0 Å². The number of benzene rings is 2. The maximum absolute atomic E-state index is 12.4. The topological polar surface area (TPSA) is 84.5 Å². The minimum atomic E-state index is -3.65. The Balaban J connectivity index is 1.88. The smallest absolute Gasteiger partial charge is 0.241 e. The first-order valence-electron chi connectivity index (χ1n) is 9.19. The molecule has 0 bridgehead atoms. The minimum absolute atomic E-state index is 0.114. The molecule has 0 aliphatic carbocycles. The molecule has 152 valence electrons. The fraction of sp³-hybridized carbons (Fsp3) is 0.381. The highest BCUT2D eigenvalue weighted by molar-refractivity contribution is 7.89. The van der Waals surface area contributed by atoms with Gasteiger partial charge in [-0.05, 0) is 63.9 Å². The van der Waals surface area contributed by atoms with E-state index in [-0.39, 0.29) is 17.2 Å². The van der Waals surface area contributed by atoms with Crippen molar-refractivity contribution in [2.75, 3.05) is 11.9 Å². The van der Waals surface area contributed by atoms with E-state index < -0.39 is 15.6 Å². The van der Waals surface area contributed by atoms with E-state index in [1.54, 1.807) is 32.9 Å². The van der Waals surface area contributed by atoms with Gasteiger partial charge in [0, 0.05) is 17.6 Å². The predicted octanol–water partition coefficient (Wildman–Crippen LogP) is 3.87. The van der Waals surface area contributed by atoms with Gasteiger partial charge in [0.25, 0.3) is 0 Å². The monoisotopic (exact) mass is 404 g/mol. The lowest BCUT2D eigenvalue weighted by Crippen LogP contribution is -2.40. The van der Waals surface area contributed by atoms with E-state index in [4.69, 9.17) is 4.74 Å². The number of hydrogen-bond donors (Lipinski definition) is 2. The van der Waals surface area contributed by atoms with Crippen LogP contribution in [0.2, 0.25) is 0 Å². The Morgan fingerprint density at radius 3 is 2.46 bits per heavy atom. The molecule has 1 amide bonds. The molecule has 6 nitrogen and oxygen atoms in total. The summed E-state index contributed by atoms with van der Waals surface area (Å²) in [5.74, 6) is 0.624. The third kappa shape index (κ3) is 6.98. The fourth-order valence-electron chi connectivity index (χ4n) is 2.56. The molecule has 0 heterocycles. The number of carbonyl (C=O) groups is 1. The van der Waals surface area contributed by atoms with Crippen LogP contribution in [-0.2, 0) is 14.8 Å². The highest BCUT2D eigenvalue weighted by Gasteiger charge is 2.22. The van der Waals surface area contributed by atoms with Gasteiger partial charge >= 0.3 is 0 Å². The van der Waals surface area contributed by atoms with Crippen LogP contribution in [0.4, 0.5) is 5.69 Å². The van der Waals surface area contributed by atoms with Crippen molar-refractivity contribution in [2.24, 2.45) is 0 Å². The number of anilines is 1. The number of ether oxygens (including phenoxy) is 1. The van der Waals surface area contributed by atoms with Crippen molar-refractivity contribution in [1.29, 1.82) is 0 Å². The first-order valence-corrected chi connectivity index (χ1v) is 10.7. The molecule has 0 fully saturated rings. The molecule has 2 aromatic carbocycles. The third-order valence-corrected chi connectivity index (χ3v) is 5.52. The molecule has 0 spiro atoms. The van der Waals surface area contributed by atoms with Gasteiger partial charge < -0.3 is 10.1 Å². The van der Waals surface area contributed by atoms with Crippen LogP contribution in [0.3, 0.4) is 0 Å². The number of amides is 1. The number of carbonyl (C=O) groups excluding carboxylic acids is 1. The second-order valence-electron chi connectivity index (χ2n) is 7.65. The fourth-order valence-corrected chi connectivity index (χ4v) is 4.02. The lowest BCUT2D eigenvalue weighted by atomic mass is 10.1. The molecule has 0 aromatic heterocycles. The Hall–Kier alpha value is -2.38. The zero-order valence-corrected chi connectivity index (χ0v) is 17.6. The van der Waals surface area contributed by atoms with E-state index in [1.807, 2.05) is 31.2 Å². The Kier molecular flexibility index (Phi) is 7.21. The Morgan fingerprint density at radius 2 is 1.79 bits per heavy atom. The van der Waals surface area contributed by atoms with E-state index in [9.17, 15) is 13.2 Å². The summed E-state index contributed by atoms with van der Waals surface area (Å²) in [7, 11) is -3.65. The number of nitrogens with one attached hydrogen (secondary N) is 2. The summed E-state index contributed by atoms with van der Waals surface area (Å²) in [6.45, 7) is 7.72. The maximum atomic E-state index is 12.4. The highest BCUT2D eigenvalue weighted by atomic mass is 32.2. The molecule has 0 aliphatic rings. The summed E-state index contributed by atoms with van der Waals surface area (Å²) < 4.78 is 33.1. The highest BCUT2D eigenvalue weighted by Crippen LogP contribution is 2.18. The summed E-state index contributed by atoms with van der Waals surface area (Å²) in [6, 6.07) is 13.9. The van der Waals surface area contributed by atoms with Gasteiger partial charge in [-0.25, -0.2) is 13.1 Å². The molecule has 0 unspecified atom stereocenters. The summed E-state index contributed by atoms with van der Waals surface area (Å²) in [5.41, 5.74) is 0.908. The lowest BCUT2D eigenvalue weighted by molar-refractivity contribution is -0.116. The zero-order valence-electron chi connectivity index (χ0n) is 16.8. The van der Waals surface area contributed by atoms with Gasteiger partial charge in [0.1, 0.15) is 5.75 Å². The van der Waals surface area contributed by atoms with Gasteiger partial charge in [-0.3, -0.25) is 4.79 Å². The van der Waals surface area contributed by atoms with Gasteiger partial charge in [0.15, 0.2) is 0 Å². The van der Waals surface area contributed by atoms with Crippen molar-refractivity contribution in [3.8, 4) is 5.75 Å². The summed E-state index contributed by atoms with van der Waals surface area (Å²) in [6.07, 6.45) is 0.840. The summed E-state index contributed by atoms with van der Waals surface area (Å²) in [5, 5.41) is 2.74. The summed E-state index contributed by atoms with van der Waals surface area (Å²) in [4.78, 5) is 12.3. The second kappa shape index (κ2) is 9.21. The van der Waals surface area contributed by atoms with Crippen LogP contribution in [0, 0.1) is 6.92 Å². The van der Waals surface area contributed by atoms with Gasteiger partial charge in [-0.1, -0.05) is 24.3 Å². The number of para-hydroxylation sites is 1. The molecule has 2 N–H and O–H groups in total. The Labute approximate surface area is 167 Å². The predicted molar refractivity (Wildman–Crippen MR) is 111 cm³/mol. The van der Waals surface area contributed by atoms with Crippen LogP contribution in [0.25, 0.3) is 0 Å². The van der Waals surface area contributed by atoms with Crippen LogP contribution in [-0.4, -0.2) is 26.5 Å². The van der Waals surface area contributed by atoms with E-state index in [0.717, 1.165) is 11.3 Å². The molecular weight excluding hydrogens is 376 g/mol. The summed E-state index contributed by atoms with van der Waals surface area (Å²) >= 11 is 0. The van der Waals surface area contributed by atoms with Crippen molar-refractivity contribution in [3.05, 3.63) is 54.1 Å². The molecule has 7 heteroatoms. The number of rotatable bonds is 8. The SMILES string of the molecule is Cc1ccccc1OCCCC(=O)Nc1cccc(S(=O)(=O)NC(C)(C)C)c1. The normalized spacial score (nSPS) is 11.9. The molecule has 0 aliphatic heterocycles. The molecular formula is C21H28N2O4S. The number of hydrogen-bond acceptors (Lipinski definition) is 4. The standard InChI is InChI=1S/C21H28N2O4S/c1-16-9-5-6-12-19(16)27-14-8-13-20(24)22-17-10-7-11-18(15-17)28(25,26)23-21(2,3)4/h5-7,9-12,15,23H,8,13-14H2,1-4H3,(H,22,24). The molecule has 2 aromatic rings. The first kappa shape index (κ1) is 21.9. The zero-order chi connectivity index (χ0) is 20.8. The van der Waals surface area contributed by atoms with Gasteiger partial charge in [-0.2, -0.15) is 0 Å². The van der Waals surface area contributed by atoms with Crippen molar-refractivity contribution in [1.82, 2.24) is 4.72 Å². The maximum Gasteiger partial charge on any atom is 0.241 e. The van der Waals surface area contributed by atoms with E-state index in [1.165, 1.54) is 12.1 Å².